The minimum absolute atomic E-state index is 0.522. The van der Waals surface area contributed by atoms with E-state index in [1.54, 1.807) is 0 Å². The van der Waals surface area contributed by atoms with Crippen molar-refractivity contribution < 1.29 is 0 Å². The Morgan fingerprint density at radius 2 is 0.538 bits per heavy atom. The summed E-state index contributed by atoms with van der Waals surface area (Å²) >= 11 is 0. The monoisotopic (exact) mass is 654 g/mol. The zero-order chi connectivity index (χ0) is 35.2. The molecular weight excluding hydrogens is 625 g/mol. The van der Waals surface area contributed by atoms with Gasteiger partial charge in [0.05, 0.1) is 22.3 Å². The third-order valence-corrected chi connectivity index (χ3v) is 8.15. The molecule has 6 aromatic rings. The highest BCUT2D eigenvalue weighted by Crippen LogP contribution is 2.29. The number of benzene rings is 6. The second-order valence-electron chi connectivity index (χ2n) is 11.7. The fraction of sp³-hybridized carbons (Fsp3) is 0. The Hall–Kier alpha value is -7.66. The van der Waals surface area contributed by atoms with E-state index in [4.69, 9.17) is 0 Å². The first-order chi connectivity index (χ1) is 25.8. The van der Waals surface area contributed by atoms with Gasteiger partial charge in [-0.3, -0.25) is 0 Å². The molecule has 0 saturated heterocycles. The Morgan fingerprint density at radius 3 is 0.827 bits per heavy atom. The van der Waals surface area contributed by atoms with Crippen molar-refractivity contribution in [3.63, 3.8) is 0 Å². The second-order valence-corrected chi connectivity index (χ2v) is 11.7. The van der Waals surface area contributed by atoms with E-state index in [1.165, 1.54) is 0 Å². The molecule has 1 aliphatic rings. The Morgan fingerprint density at radius 1 is 0.288 bits per heavy atom. The zero-order valence-corrected chi connectivity index (χ0v) is 28.3. The van der Waals surface area contributed by atoms with Crippen molar-refractivity contribution in [2.45, 2.75) is 0 Å². The fourth-order valence-electron chi connectivity index (χ4n) is 5.64. The van der Waals surface area contributed by atoms with Crippen LogP contribution in [0, 0.1) is 59.2 Å². The van der Waals surface area contributed by atoms with E-state index >= 15 is 0 Å². The van der Waals surface area contributed by atoms with Gasteiger partial charge < -0.3 is 0 Å². The molecule has 0 N–H and O–H groups in total. The molecule has 1 aliphatic carbocycles. The predicted octanol–water partition coefficient (Wildman–Crippen LogP) is 10.4. The fourth-order valence-corrected chi connectivity index (χ4v) is 5.64. The van der Waals surface area contributed by atoms with Gasteiger partial charge in [0.15, 0.2) is 0 Å². The lowest BCUT2D eigenvalue weighted by Gasteiger charge is -2.10. The van der Waals surface area contributed by atoms with E-state index in [2.05, 4.69) is 108 Å². The van der Waals surface area contributed by atoms with Crippen LogP contribution < -0.4 is 0 Å². The minimum Gasteiger partial charge on any atom is -0.0622 e. The first-order valence-corrected chi connectivity index (χ1v) is 17.0. The second kappa shape index (κ2) is 16.6. The first kappa shape index (κ1) is 32.9. The standard InChI is InChI=1S/C52H30/c1-7-19-41(20-8-1)31-33-43(34-32-42-21-9-2-10-22-42)44-35-37-49(51(45-23-11-3-12-24-45)46-25-13-4-14-26-46)39-40-50(38-36-44)52(47-27-15-5-16-28-47)48-29-17-6-18-30-48/h1-30H. The van der Waals surface area contributed by atoms with Crippen LogP contribution in [0.3, 0.4) is 0 Å². The van der Waals surface area contributed by atoms with Crippen LogP contribution in [-0.2, 0) is 0 Å². The summed E-state index contributed by atoms with van der Waals surface area (Å²) in [4.78, 5) is 0. The van der Waals surface area contributed by atoms with Gasteiger partial charge in [0.2, 0.25) is 0 Å². The molecule has 6 aromatic carbocycles. The Bertz CT molecular complexity index is 2350. The van der Waals surface area contributed by atoms with Gasteiger partial charge in [-0.15, -0.1) is 0 Å². The predicted molar refractivity (Wildman–Crippen MR) is 215 cm³/mol. The lowest BCUT2D eigenvalue weighted by Crippen LogP contribution is -1.94. The number of allylic oxidation sites excluding steroid dienone is 4. The summed E-state index contributed by atoms with van der Waals surface area (Å²) in [6.45, 7) is 0. The quantitative estimate of drug-likeness (QED) is 0.166. The van der Waals surface area contributed by atoms with Gasteiger partial charge in [-0.1, -0.05) is 205 Å². The molecule has 0 heteroatoms. The van der Waals surface area contributed by atoms with E-state index in [1.807, 2.05) is 133 Å². The summed E-state index contributed by atoms with van der Waals surface area (Å²) in [6.07, 6.45) is 0. The maximum absolute atomic E-state index is 3.50. The van der Waals surface area contributed by atoms with Crippen LogP contribution in [0.5, 0.6) is 0 Å². The van der Waals surface area contributed by atoms with Gasteiger partial charge in [0.25, 0.3) is 0 Å². The average Bonchev–Trinajstić information content (AvgIpc) is 3.32. The van der Waals surface area contributed by atoms with Crippen molar-refractivity contribution in [3.8, 4) is 59.2 Å². The third kappa shape index (κ3) is 8.31. The van der Waals surface area contributed by atoms with E-state index in [-0.39, 0.29) is 0 Å². The highest BCUT2D eigenvalue weighted by atomic mass is 14.1. The molecule has 0 heterocycles. The number of hydrogen-bond donors (Lipinski definition) is 0. The van der Waals surface area contributed by atoms with Gasteiger partial charge in [0.1, 0.15) is 0 Å². The normalized spacial score (nSPS) is 11.0. The Balaban J connectivity index is 1.58. The zero-order valence-electron chi connectivity index (χ0n) is 28.3. The Labute approximate surface area is 306 Å². The molecule has 0 nitrogen and oxygen atoms in total. The molecule has 7 rings (SSSR count). The van der Waals surface area contributed by atoms with Gasteiger partial charge >= 0.3 is 0 Å². The van der Waals surface area contributed by atoms with E-state index in [0.29, 0.717) is 22.3 Å². The summed E-state index contributed by atoms with van der Waals surface area (Å²) in [7, 11) is 0. The molecule has 0 saturated carbocycles. The van der Waals surface area contributed by atoms with E-state index in [0.717, 1.165) is 44.5 Å². The summed E-state index contributed by atoms with van der Waals surface area (Å²) in [6, 6.07) is 60.9. The van der Waals surface area contributed by atoms with Crippen LogP contribution in [0.4, 0.5) is 0 Å². The van der Waals surface area contributed by atoms with Gasteiger partial charge in [0, 0.05) is 22.3 Å². The highest BCUT2D eigenvalue weighted by Gasteiger charge is 2.13. The summed E-state index contributed by atoms with van der Waals surface area (Å²) in [5.74, 6) is 34.0. The molecule has 52 heavy (non-hydrogen) atoms. The van der Waals surface area contributed by atoms with Crippen LogP contribution in [0.2, 0.25) is 0 Å². The van der Waals surface area contributed by atoms with Gasteiger partial charge in [-0.25, -0.2) is 0 Å². The largest absolute Gasteiger partial charge is 0.0993 e. The molecule has 0 unspecified atom stereocenters. The molecule has 0 atom stereocenters. The van der Waals surface area contributed by atoms with Crippen molar-refractivity contribution in [1.82, 2.24) is 0 Å². The van der Waals surface area contributed by atoms with Gasteiger partial charge in [-0.2, -0.15) is 0 Å². The minimum atomic E-state index is 0.522. The number of hydrogen-bond acceptors (Lipinski definition) is 0. The maximum atomic E-state index is 3.50. The van der Waals surface area contributed by atoms with Crippen molar-refractivity contribution in [1.29, 1.82) is 0 Å². The van der Waals surface area contributed by atoms with Crippen LogP contribution in [0.25, 0.3) is 11.1 Å². The van der Waals surface area contributed by atoms with Crippen molar-refractivity contribution in [2.24, 2.45) is 0 Å². The smallest absolute Gasteiger partial charge is 0.0622 e. The molecule has 0 aromatic heterocycles. The van der Waals surface area contributed by atoms with Crippen LogP contribution in [0.1, 0.15) is 33.4 Å². The summed E-state index contributed by atoms with van der Waals surface area (Å²) in [5.41, 5.74) is 10.1. The van der Waals surface area contributed by atoms with Crippen molar-refractivity contribution >= 4 is 11.1 Å². The molecule has 0 radical (unpaired) electrons. The van der Waals surface area contributed by atoms with Crippen LogP contribution in [-0.4, -0.2) is 0 Å². The lowest BCUT2D eigenvalue weighted by molar-refractivity contribution is 1.53. The molecule has 0 spiro atoms. The number of rotatable bonds is 4. The summed E-state index contributed by atoms with van der Waals surface area (Å²) < 4.78 is 0. The highest BCUT2D eigenvalue weighted by molar-refractivity contribution is 5.91. The molecular formula is C52H30. The topological polar surface area (TPSA) is 0 Å². The maximum Gasteiger partial charge on any atom is 0.0993 e. The lowest BCUT2D eigenvalue weighted by atomic mass is 9.91. The van der Waals surface area contributed by atoms with E-state index < -0.39 is 0 Å². The summed E-state index contributed by atoms with van der Waals surface area (Å²) in [5, 5.41) is 0. The third-order valence-electron chi connectivity index (χ3n) is 8.15. The molecule has 0 bridgehead atoms. The molecule has 0 aliphatic heterocycles. The van der Waals surface area contributed by atoms with Crippen LogP contribution in [0.15, 0.2) is 204 Å². The molecule has 0 fully saturated rings. The van der Waals surface area contributed by atoms with E-state index in [9.17, 15) is 0 Å². The molecule has 0 amide bonds. The van der Waals surface area contributed by atoms with Crippen LogP contribution >= 0.6 is 0 Å². The molecule has 238 valence electrons. The SMILES string of the molecule is C1#CC(=C(c2ccccc2)c2ccccc2)C#CC(=C(c2ccccc2)c2ccccc2)C#CC1=C(C#Cc1ccccc1)C#Cc1ccccc1. The Kier molecular flexibility index (Phi) is 10.5. The van der Waals surface area contributed by atoms with Gasteiger partial charge in [-0.05, 0) is 58.4 Å². The van der Waals surface area contributed by atoms with Crippen molar-refractivity contribution in [3.05, 3.63) is 238 Å². The average molecular weight is 655 g/mol. The van der Waals surface area contributed by atoms with Crippen molar-refractivity contribution in [2.75, 3.05) is 0 Å². The first-order valence-electron chi connectivity index (χ1n) is 17.0.